The molecule has 0 aliphatic carbocycles. The first-order valence-electron chi connectivity index (χ1n) is 11.7. The van der Waals surface area contributed by atoms with Crippen molar-refractivity contribution in [2.24, 2.45) is 0 Å². The van der Waals surface area contributed by atoms with E-state index in [1.54, 1.807) is 14.2 Å². The third kappa shape index (κ3) is 5.37. The van der Waals surface area contributed by atoms with Gasteiger partial charge in [-0.15, -0.1) is 10.2 Å². The fraction of sp³-hybridized carbons (Fsp3) is 0.148. The summed E-state index contributed by atoms with van der Waals surface area (Å²) in [4.78, 5) is 13.2. The number of methoxy groups -OCH3 is 2. The second-order valence-corrected chi connectivity index (χ2v) is 9.14. The molecule has 5 rings (SSSR count). The number of hydrogen-bond donors (Lipinski definition) is 2. The maximum absolute atomic E-state index is 6.01. The number of hydrogen-bond acceptors (Lipinski definition) is 10. The minimum atomic E-state index is 0.137. The summed E-state index contributed by atoms with van der Waals surface area (Å²) < 4.78 is 12.9. The van der Waals surface area contributed by atoms with Crippen molar-refractivity contribution in [1.82, 2.24) is 29.7 Å². The SMILES string of the molecule is COc1ccc(-n2c(SCc3nc(N)nc(Nc4ccccc4C)n3)nnc2-c2ccccc2OC)cc1. The average Bonchev–Trinajstić information content (AvgIpc) is 3.36. The lowest BCUT2D eigenvalue weighted by atomic mass is 10.2. The van der Waals surface area contributed by atoms with Gasteiger partial charge in [0.1, 0.15) is 17.3 Å². The summed E-state index contributed by atoms with van der Waals surface area (Å²) in [6, 6.07) is 23.3. The molecule has 192 valence electrons. The normalized spacial score (nSPS) is 10.8. The third-order valence-corrected chi connectivity index (χ3v) is 6.66. The monoisotopic (exact) mass is 526 g/mol. The number of nitrogens with two attached hydrogens (primary N) is 1. The quantitative estimate of drug-likeness (QED) is 0.252. The summed E-state index contributed by atoms with van der Waals surface area (Å²) in [6.45, 7) is 2.01. The Morgan fingerprint density at radius 1 is 0.868 bits per heavy atom. The van der Waals surface area contributed by atoms with Gasteiger partial charge in [0.25, 0.3) is 0 Å². The van der Waals surface area contributed by atoms with Crippen molar-refractivity contribution in [1.29, 1.82) is 0 Å². The lowest BCUT2D eigenvalue weighted by molar-refractivity contribution is 0.414. The maximum Gasteiger partial charge on any atom is 0.232 e. The van der Waals surface area contributed by atoms with Gasteiger partial charge in [-0.25, -0.2) is 0 Å². The first-order valence-corrected chi connectivity index (χ1v) is 12.7. The van der Waals surface area contributed by atoms with Gasteiger partial charge in [-0.05, 0) is 55.0 Å². The molecule has 2 aromatic heterocycles. The Labute approximate surface area is 224 Å². The van der Waals surface area contributed by atoms with Gasteiger partial charge in [0.15, 0.2) is 11.0 Å². The number of aromatic nitrogens is 6. The molecule has 0 unspecified atom stereocenters. The minimum Gasteiger partial charge on any atom is -0.497 e. The van der Waals surface area contributed by atoms with Crippen LogP contribution in [0.2, 0.25) is 0 Å². The lowest BCUT2D eigenvalue weighted by Crippen LogP contribution is -2.07. The number of aryl methyl sites for hydroxylation is 1. The minimum absolute atomic E-state index is 0.137. The first kappa shape index (κ1) is 25.0. The number of thioether (sulfide) groups is 1. The zero-order valence-electron chi connectivity index (χ0n) is 21.1. The molecule has 0 radical (unpaired) electrons. The Balaban J connectivity index is 1.47. The molecule has 38 heavy (non-hydrogen) atoms. The van der Waals surface area contributed by atoms with E-state index in [0.717, 1.165) is 28.3 Å². The van der Waals surface area contributed by atoms with E-state index in [-0.39, 0.29) is 5.95 Å². The molecule has 10 nitrogen and oxygen atoms in total. The van der Waals surface area contributed by atoms with E-state index in [1.807, 2.05) is 84.3 Å². The van der Waals surface area contributed by atoms with Crippen LogP contribution in [0.15, 0.2) is 78.0 Å². The summed E-state index contributed by atoms with van der Waals surface area (Å²) in [6.07, 6.45) is 0. The van der Waals surface area contributed by atoms with E-state index in [4.69, 9.17) is 15.2 Å². The molecule has 5 aromatic rings. The number of nitrogen functional groups attached to an aromatic ring is 1. The van der Waals surface area contributed by atoms with E-state index in [1.165, 1.54) is 11.8 Å². The van der Waals surface area contributed by atoms with Crippen molar-refractivity contribution < 1.29 is 9.47 Å². The molecule has 0 fully saturated rings. The molecule has 0 atom stereocenters. The summed E-state index contributed by atoms with van der Waals surface area (Å²) >= 11 is 1.44. The van der Waals surface area contributed by atoms with Crippen molar-refractivity contribution >= 4 is 29.3 Å². The average molecular weight is 527 g/mol. The standard InChI is InChI=1S/C27H26N8O2S/c1-17-8-4-6-10-21(17)29-26-31-23(30-25(28)32-26)16-38-27-34-33-24(20-9-5-7-11-22(20)37-3)35(27)18-12-14-19(36-2)15-13-18/h4-15H,16H2,1-3H3,(H3,28,29,30,31,32). The first-order chi connectivity index (χ1) is 18.6. The van der Waals surface area contributed by atoms with Gasteiger partial charge in [0.2, 0.25) is 11.9 Å². The van der Waals surface area contributed by atoms with E-state index in [2.05, 4.69) is 30.5 Å². The van der Waals surface area contributed by atoms with Gasteiger partial charge in [0, 0.05) is 5.69 Å². The van der Waals surface area contributed by atoms with Crippen LogP contribution in [0.5, 0.6) is 11.5 Å². The summed E-state index contributed by atoms with van der Waals surface area (Å²) in [5.74, 6) is 3.53. The van der Waals surface area contributed by atoms with Crippen molar-refractivity contribution in [2.45, 2.75) is 17.8 Å². The molecule has 0 aliphatic rings. The largest absolute Gasteiger partial charge is 0.497 e. The zero-order valence-corrected chi connectivity index (χ0v) is 21.9. The molecular formula is C27H26N8O2S. The Morgan fingerprint density at radius 3 is 2.39 bits per heavy atom. The van der Waals surface area contributed by atoms with E-state index >= 15 is 0 Å². The number of nitrogens with zero attached hydrogens (tertiary/aromatic N) is 6. The van der Waals surface area contributed by atoms with Crippen LogP contribution in [0.4, 0.5) is 17.6 Å². The highest BCUT2D eigenvalue weighted by molar-refractivity contribution is 7.98. The van der Waals surface area contributed by atoms with Crippen LogP contribution < -0.4 is 20.5 Å². The molecule has 2 heterocycles. The van der Waals surface area contributed by atoms with Crippen molar-refractivity contribution in [3.8, 4) is 28.6 Å². The third-order valence-electron chi connectivity index (χ3n) is 5.73. The van der Waals surface area contributed by atoms with Crippen molar-refractivity contribution in [2.75, 3.05) is 25.3 Å². The smallest absolute Gasteiger partial charge is 0.232 e. The maximum atomic E-state index is 6.01. The van der Waals surface area contributed by atoms with Gasteiger partial charge in [-0.1, -0.05) is 42.1 Å². The zero-order chi connectivity index (χ0) is 26.5. The van der Waals surface area contributed by atoms with E-state index in [0.29, 0.717) is 34.3 Å². The predicted molar refractivity (Wildman–Crippen MR) is 148 cm³/mol. The van der Waals surface area contributed by atoms with Crippen molar-refractivity contribution in [3.05, 3.63) is 84.2 Å². The number of nitrogens with one attached hydrogen (secondary N) is 1. The number of benzene rings is 3. The highest BCUT2D eigenvalue weighted by atomic mass is 32.2. The fourth-order valence-corrected chi connectivity index (χ4v) is 4.66. The van der Waals surface area contributed by atoms with Crippen LogP contribution in [0.1, 0.15) is 11.4 Å². The number of rotatable bonds is 9. The van der Waals surface area contributed by atoms with Gasteiger partial charge in [-0.2, -0.15) is 15.0 Å². The van der Waals surface area contributed by atoms with Gasteiger partial charge < -0.3 is 20.5 Å². The molecular weight excluding hydrogens is 500 g/mol. The molecule has 0 saturated heterocycles. The van der Waals surface area contributed by atoms with Crippen LogP contribution in [0, 0.1) is 6.92 Å². The molecule has 0 aliphatic heterocycles. The van der Waals surface area contributed by atoms with Crippen LogP contribution in [-0.4, -0.2) is 43.9 Å². The molecule has 0 bridgehead atoms. The number of anilines is 3. The van der Waals surface area contributed by atoms with Crippen LogP contribution >= 0.6 is 11.8 Å². The summed E-state index contributed by atoms with van der Waals surface area (Å²) in [5, 5.41) is 12.9. The highest BCUT2D eigenvalue weighted by Crippen LogP contribution is 2.34. The van der Waals surface area contributed by atoms with Crippen molar-refractivity contribution in [3.63, 3.8) is 0 Å². The Kier molecular flexibility index (Phi) is 7.36. The molecule has 0 spiro atoms. The summed E-state index contributed by atoms with van der Waals surface area (Å²) in [5.41, 5.74) is 9.67. The molecule has 3 aromatic carbocycles. The van der Waals surface area contributed by atoms with Gasteiger partial charge in [-0.3, -0.25) is 4.57 Å². The van der Waals surface area contributed by atoms with Crippen LogP contribution in [-0.2, 0) is 5.75 Å². The lowest BCUT2D eigenvalue weighted by Gasteiger charge is -2.13. The molecule has 0 amide bonds. The number of para-hydroxylation sites is 2. The van der Waals surface area contributed by atoms with E-state index < -0.39 is 0 Å². The molecule has 0 saturated carbocycles. The Bertz CT molecular complexity index is 1560. The van der Waals surface area contributed by atoms with Crippen LogP contribution in [0.25, 0.3) is 17.1 Å². The Hall–Kier alpha value is -4.64. The molecule has 3 N–H and O–H groups in total. The highest BCUT2D eigenvalue weighted by Gasteiger charge is 2.20. The topological polar surface area (TPSA) is 126 Å². The fourth-order valence-electron chi connectivity index (χ4n) is 3.85. The van der Waals surface area contributed by atoms with Gasteiger partial charge >= 0.3 is 0 Å². The second kappa shape index (κ2) is 11.2. The molecule has 11 heteroatoms. The van der Waals surface area contributed by atoms with Gasteiger partial charge in [0.05, 0.1) is 31.2 Å². The van der Waals surface area contributed by atoms with E-state index in [9.17, 15) is 0 Å². The predicted octanol–water partition coefficient (Wildman–Crippen LogP) is 5.06. The summed E-state index contributed by atoms with van der Waals surface area (Å²) in [7, 11) is 3.27. The Morgan fingerprint density at radius 2 is 1.63 bits per heavy atom. The number of ether oxygens (including phenoxy) is 2. The van der Waals surface area contributed by atoms with Crippen LogP contribution in [0.3, 0.4) is 0 Å². The second-order valence-electron chi connectivity index (χ2n) is 8.20.